The molecule has 1 N–H and O–H groups in total. The lowest BCUT2D eigenvalue weighted by Gasteiger charge is -2.14. The highest BCUT2D eigenvalue weighted by atomic mass is 35.5. The highest BCUT2D eigenvalue weighted by Gasteiger charge is 2.30. The molecule has 1 aromatic carbocycles. The lowest BCUT2D eigenvalue weighted by atomic mass is 10.2. The Morgan fingerprint density at radius 3 is 2.61 bits per heavy atom. The van der Waals surface area contributed by atoms with Gasteiger partial charge < -0.3 is 14.6 Å². The van der Waals surface area contributed by atoms with Gasteiger partial charge in [-0.1, -0.05) is 29.3 Å². The van der Waals surface area contributed by atoms with E-state index in [4.69, 9.17) is 37.8 Å². The summed E-state index contributed by atoms with van der Waals surface area (Å²) in [6.45, 7) is 0.243. The maximum absolute atomic E-state index is 10.7. The summed E-state index contributed by atoms with van der Waals surface area (Å²) in [7, 11) is 0. The average molecular weight is 291 g/mol. The summed E-state index contributed by atoms with van der Waals surface area (Å²) in [5.41, 5.74) is 0. The Kier molecular flexibility index (Phi) is 4.32. The number of carboxylic acids is 1. The van der Waals surface area contributed by atoms with E-state index in [0.29, 0.717) is 28.6 Å². The van der Waals surface area contributed by atoms with Gasteiger partial charge in [0.15, 0.2) is 11.9 Å². The van der Waals surface area contributed by atoms with Crippen LogP contribution in [-0.2, 0) is 9.53 Å². The Morgan fingerprint density at radius 1 is 1.39 bits per heavy atom. The van der Waals surface area contributed by atoms with Crippen molar-refractivity contribution in [2.45, 2.75) is 25.0 Å². The van der Waals surface area contributed by atoms with E-state index in [2.05, 4.69) is 0 Å². The molecule has 98 valence electrons. The van der Waals surface area contributed by atoms with E-state index in [1.807, 2.05) is 0 Å². The third-order valence-electron chi connectivity index (χ3n) is 2.72. The Labute approximate surface area is 114 Å². The van der Waals surface area contributed by atoms with Crippen LogP contribution in [0, 0.1) is 0 Å². The second-order valence-corrected chi connectivity index (χ2v) is 4.84. The monoisotopic (exact) mass is 290 g/mol. The molecule has 0 bridgehead atoms. The molecule has 1 aromatic rings. The van der Waals surface area contributed by atoms with E-state index in [1.54, 1.807) is 18.2 Å². The summed E-state index contributed by atoms with van der Waals surface area (Å²) in [6, 6.07) is 5.08. The van der Waals surface area contributed by atoms with Gasteiger partial charge in [-0.25, -0.2) is 4.79 Å². The second-order valence-electron chi connectivity index (χ2n) is 4.02. The number of carbonyl (C=O) groups is 1. The summed E-state index contributed by atoms with van der Waals surface area (Å²) in [6.07, 6.45) is 0.178. The molecule has 0 aliphatic carbocycles. The van der Waals surface area contributed by atoms with E-state index < -0.39 is 12.1 Å². The van der Waals surface area contributed by atoms with Crippen LogP contribution in [0.5, 0.6) is 5.75 Å². The molecule has 2 rings (SSSR count). The minimum Gasteiger partial charge on any atom is -0.488 e. The molecule has 1 aliphatic rings. The predicted octanol–water partition coefficient (Wildman–Crippen LogP) is 3.00. The van der Waals surface area contributed by atoms with Crippen molar-refractivity contribution < 1.29 is 19.4 Å². The fourth-order valence-electron chi connectivity index (χ4n) is 1.81. The first-order valence-electron chi connectivity index (χ1n) is 5.53. The topological polar surface area (TPSA) is 55.8 Å². The van der Waals surface area contributed by atoms with E-state index in [-0.39, 0.29) is 12.7 Å². The summed E-state index contributed by atoms with van der Waals surface area (Å²) in [5.74, 6) is -0.531. The van der Waals surface area contributed by atoms with Gasteiger partial charge in [-0.3, -0.25) is 0 Å². The molecule has 4 nitrogen and oxygen atoms in total. The van der Waals surface area contributed by atoms with Gasteiger partial charge >= 0.3 is 5.97 Å². The van der Waals surface area contributed by atoms with Gasteiger partial charge in [0.2, 0.25) is 0 Å². The van der Waals surface area contributed by atoms with Gasteiger partial charge in [-0.2, -0.15) is 0 Å². The molecule has 1 fully saturated rings. The van der Waals surface area contributed by atoms with Gasteiger partial charge in [0.05, 0.1) is 16.1 Å². The van der Waals surface area contributed by atoms with Gasteiger partial charge in [0.25, 0.3) is 0 Å². The molecular weight excluding hydrogens is 279 g/mol. The minimum atomic E-state index is -0.937. The Hall–Kier alpha value is -0.970. The van der Waals surface area contributed by atoms with Crippen LogP contribution >= 0.6 is 23.2 Å². The largest absolute Gasteiger partial charge is 0.488 e. The Balaban J connectivity index is 1.91. The smallest absolute Gasteiger partial charge is 0.332 e. The van der Waals surface area contributed by atoms with Crippen LogP contribution in [0.15, 0.2) is 18.2 Å². The molecular formula is C12H12Cl2O4. The number of hydrogen-bond acceptors (Lipinski definition) is 3. The van der Waals surface area contributed by atoms with Crippen molar-refractivity contribution in [1.82, 2.24) is 0 Å². The third-order valence-corrected chi connectivity index (χ3v) is 3.31. The van der Waals surface area contributed by atoms with E-state index in [1.165, 1.54) is 0 Å². The van der Waals surface area contributed by atoms with Crippen LogP contribution in [0.4, 0.5) is 0 Å². The Morgan fingerprint density at radius 2 is 2.06 bits per heavy atom. The summed E-state index contributed by atoms with van der Waals surface area (Å²) in [5, 5.41) is 9.65. The normalized spacial score (nSPS) is 23.0. The molecule has 0 spiro atoms. The van der Waals surface area contributed by atoms with Crippen LogP contribution in [-0.4, -0.2) is 29.9 Å². The zero-order valence-electron chi connectivity index (χ0n) is 9.44. The molecule has 0 aromatic heterocycles. The average Bonchev–Trinajstić information content (AvgIpc) is 2.77. The Bertz CT molecular complexity index is 429. The number of hydrogen-bond donors (Lipinski definition) is 1. The number of para-hydroxylation sites is 1. The maximum atomic E-state index is 10.7. The standard InChI is InChI=1S/C12H12Cl2O4/c13-8-2-1-3-9(14)11(8)17-6-7-4-5-10(18-7)12(15)16/h1-3,7,10H,4-6H2,(H,15,16). The van der Waals surface area contributed by atoms with Crippen molar-refractivity contribution in [1.29, 1.82) is 0 Å². The third kappa shape index (κ3) is 3.07. The summed E-state index contributed by atoms with van der Waals surface area (Å²) in [4.78, 5) is 10.7. The molecule has 18 heavy (non-hydrogen) atoms. The van der Waals surface area contributed by atoms with E-state index in [0.717, 1.165) is 0 Å². The SMILES string of the molecule is O=C(O)C1CCC(COc2c(Cl)cccc2Cl)O1. The molecule has 0 saturated carbocycles. The minimum absolute atomic E-state index is 0.238. The molecule has 0 amide bonds. The van der Waals surface area contributed by atoms with Crippen molar-refractivity contribution in [3.05, 3.63) is 28.2 Å². The first-order valence-corrected chi connectivity index (χ1v) is 6.28. The molecule has 2 atom stereocenters. The highest BCUT2D eigenvalue weighted by molar-refractivity contribution is 6.37. The quantitative estimate of drug-likeness (QED) is 0.926. The van der Waals surface area contributed by atoms with Crippen molar-refractivity contribution >= 4 is 29.2 Å². The van der Waals surface area contributed by atoms with E-state index >= 15 is 0 Å². The van der Waals surface area contributed by atoms with Gasteiger partial charge in [-0.05, 0) is 25.0 Å². The molecule has 2 unspecified atom stereocenters. The highest BCUT2D eigenvalue weighted by Crippen LogP contribution is 2.33. The van der Waals surface area contributed by atoms with Gasteiger partial charge in [0.1, 0.15) is 6.61 Å². The first kappa shape index (κ1) is 13.5. The molecule has 1 aliphatic heterocycles. The maximum Gasteiger partial charge on any atom is 0.332 e. The van der Waals surface area contributed by atoms with E-state index in [9.17, 15) is 4.79 Å². The zero-order valence-corrected chi connectivity index (χ0v) is 10.9. The van der Waals surface area contributed by atoms with Crippen LogP contribution in [0.2, 0.25) is 10.0 Å². The zero-order chi connectivity index (χ0) is 13.1. The second kappa shape index (κ2) is 5.78. The number of benzene rings is 1. The van der Waals surface area contributed by atoms with Crippen LogP contribution in [0.1, 0.15) is 12.8 Å². The lowest BCUT2D eigenvalue weighted by molar-refractivity contribution is -0.149. The van der Waals surface area contributed by atoms with Crippen LogP contribution in [0.25, 0.3) is 0 Å². The molecule has 1 heterocycles. The number of rotatable bonds is 4. The summed E-state index contributed by atoms with van der Waals surface area (Å²) < 4.78 is 10.8. The summed E-state index contributed by atoms with van der Waals surface area (Å²) >= 11 is 11.9. The van der Waals surface area contributed by atoms with Gasteiger partial charge in [-0.15, -0.1) is 0 Å². The van der Waals surface area contributed by atoms with Crippen LogP contribution in [0.3, 0.4) is 0 Å². The first-order chi connectivity index (χ1) is 8.58. The van der Waals surface area contributed by atoms with Gasteiger partial charge in [0, 0.05) is 0 Å². The number of aliphatic carboxylic acids is 1. The fourth-order valence-corrected chi connectivity index (χ4v) is 2.31. The number of halogens is 2. The molecule has 6 heteroatoms. The molecule has 1 saturated heterocycles. The number of ether oxygens (including phenoxy) is 2. The van der Waals surface area contributed by atoms with Crippen molar-refractivity contribution in [3.63, 3.8) is 0 Å². The molecule has 0 radical (unpaired) electrons. The fraction of sp³-hybridized carbons (Fsp3) is 0.417. The van der Waals surface area contributed by atoms with Crippen molar-refractivity contribution in [2.75, 3.05) is 6.61 Å². The van der Waals surface area contributed by atoms with Crippen molar-refractivity contribution in [2.24, 2.45) is 0 Å². The number of carboxylic acid groups (broad SMARTS) is 1. The van der Waals surface area contributed by atoms with Crippen LogP contribution < -0.4 is 4.74 Å². The van der Waals surface area contributed by atoms with Crippen molar-refractivity contribution in [3.8, 4) is 5.75 Å². The lowest BCUT2D eigenvalue weighted by Crippen LogP contribution is -2.23. The predicted molar refractivity (Wildman–Crippen MR) is 67.5 cm³/mol.